The van der Waals surface area contributed by atoms with Crippen LogP contribution in [0.15, 0.2) is 12.1 Å². The number of aromatic nitrogens is 1. The number of rotatable bonds is 2. The van der Waals surface area contributed by atoms with Crippen molar-refractivity contribution in [1.29, 1.82) is 0 Å². The summed E-state index contributed by atoms with van der Waals surface area (Å²) in [5.74, 6) is 0.361. The predicted octanol–water partition coefficient (Wildman–Crippen LogP) is 3.46. The quantitative estimate of drug-likeness (QED) is 0.871. The summed E-state index contributed by atoms with van der Waals surface area (Å²) < 4.78 is 0. The Bertz CT molecular complexity index is 564. The van der Waals surface area contributed by atoms with Crippen LogP contribution in [0.2, 0.25) is 0 Å². The first kappa shape index (κ1) is 13.1. The number of aromatic hydroxyl groups is 1. The molecule has 2 aromatic rings. The lowest BCUT2D eigenvalue weighted by atomic mass is 10.1. The van der Waals surface area contributed by atoms with Crippen molar-refractivity contribution in [3.8, 4) is 16.3 Å². The summed E-state index contributed by atoms with van der Waals surface area (Å²) in [5, 5.41) is 10.8. The molecule has 4 heteroatoms. The van der Waals surface area contributed by atoms with E-state index >= 15 is 0 Å². The molecule has 1 heterocycles. The summed E-state index contributed by atoms with van der Waals surface area (Å²) in [5.41, 5.74) is 9.71. The maximum Gasteiger partial charge on any atom is 0.123 e. The fraction of sp³-hybridized carbons (Fsp3) is 0.357. The molecule has 0 spiro atoms. The molecule has 1 atom stereocenters. The normalized spacial score (nSPS) is 12.7. The van der Waals surface area contributed by atoms with Crippen LogP contribution in [-0.4, -0.2) is 10.1 Å². The van der Waals surface area contributed by atoms with Crippen LogP contribution in [0.5, 0.6) is 5.75 Å². The van der Waals surface area contributed by atoms with Gasteiger partial charge in [0.2, 0.25) is 0 Å². The number of benzene rings is 1. The van der Waals surface area contributed by atoms with Crippen molar-refractivity contribution in [3.63, 3.8) is 0 Å². The van der Waals surface area contributed by atoms with E-state index in [0.29, 0.717) is 5.75 Å². The number of thiazole rings is 1. The van der Waals surface area contributed by atoms with E-state index in [1.807, 2.05) is 39.8 Å². The van der Waals surface area contributed by atoms with Crippen molar-refractivity contribution in [1.82, 2.24) is 4.98 Å². The molecule has 0 amide bonds. The molecule has 1 unspecified atom stereocenters. The van der Waals surface area contributed by atoms with Crippen LogP contribution >= 0.6 is 11.3 Å². The third-order valence-corrected chi connectivity index (χ3v) is 4.39. The monoisotopic (exact) mass is 262 g/mol. The molecule has 1 aromatic carbocycles. The third-order valence-electron chi connectivity index (χ3n) is 2.98. The molecule has 0 aliphatic heterocycles. The molecule has 0 bridgehead atoms. The van der Waals surface area contributed by atoms with Crippen LogP contribution in [0.1, 0.15) is 34.7 Å². The fourth-order valence-electron chi connectivity index (χ4n) is 2.03. The largest absolute Gasteiger partial charge is 0.507 e. The lowest BCUT2D eigenvalue weighted by Crippen LogP contribution is -2.03. The standard InChI is InChI=1S/C14H18N2OS/c1-7-5-11(6-8(2)12(7)17)14-16-10(4)13(18-14)9(3)15/h5-6,9,17H,15H2,1-4H3. The molecule has 3 N–H and O–H groups in total. The van der Waals surface area contributed by atoms with Crippen molar-refractivity contribution in [2.75, 3.05) is 0 Å². The average Bonchev–Trinajstić information content (AvgIpc) is 2.67. The van der Waals surface area contributed by atoms with E-state index in [4.69, 9.17) is 5.73 Å². The van der Waals surface area contributed by atoms with Crippen LogP contribution < -0.4 is 5.73 Å². The van der Waals surface area contributed by atoms with Gasteiger partial charge in [-0.15, -0.1) is 11.3 Å². The van der Waals surface area contributed by atoms with Crippen LogP contribution in [-0.2, 0) is 0 Å². The summed E-state index contributed by atoms with van der Waals surface area (Å²) in [6.07, 6.45) is 0. The highest BCUT2D eigenvalue weighted by molar-refractivity contribution is 7.15. The molecule has 0 radical (unpaired) electrons. The molecule has 3 nitrogen and oxygen atoms in total. The topological polar surface area (TPSA) is 59.1 Å². The molecular weight excluding hydrogens is 244 g/mol. The van der Waals surface area contributed by atoms with Crippen molar-refractivity contribution in [3.05, 3.63) is 33.8 Å². The predicted molar refractivity (Wildman–Crippen MR) is 76.0 cm³/mol. The molecule has 0 saturated carbocycles. The molecule has 96 valence electrons. The van der Waals surface area contributed by atoms with Gasteiger partial charge in [-0.1, -0.05) is 0 Å². The van der Waals surface area contributed by atoms with Crippen molar-refractivity contribution in [2.24, 2.45) is 5.73 Å². The third kappa shape index (κ3) is 2.26. The Balaban J connectivity index is 2.52. The molecular formula is C14H18N2OS. The summed E-state index contributed by atoms with van der Waals surface area (Å²) in [6, 6.07) is 3.94. The lowest BCUT2D eigenvalue weighted by Gasteiger charge is -2.05. The molecule has 0 aliphatic rings. The second-order valence-corrected chi connectivity index (χ2v) is 5.75. The molecule has 0 fully saturated rings. The summed E-state index contributed by atoms with van der Waals surface area (Å²) in [7, 11) is 0. The van der Waals surface area contributed by atoms with Gasteiger partial charge in [-0.25, -0.2) is 4.98 Å². The maximum atomic E-state index is 9.79. The Morgan fingerprint density at radius 1 is 1.22 bits per heavy atom. The van der Waals surface area contributed by atoms with E-state index in [1.54, 1.807) is 11.3 Å². The van der Waals surface area contributed by atoms with Gasteiger partial charge in [0.05, 0.1) is 5.69 Å². The lowest BCUT2D eigenvalue weighted by molar-refractivity contribution is 0.467. The molecule has 0 saturated heterocycles. The van der Waals surface area contributed by atoms with Gasteiger partial charge in [-0.3, -0.25) is 0 Å². The Labute approximate surface area is 111 Å². The van der Waals surface area contributed by atoms with Crippen molar-refractivity contribution < 1.29 is 5.11 Å². The van der Waals surface area contributed by atoms with Gasteiger partial charge in [0.15, 0.2) is 0 Å². The number of nitrogens with two attached hydrogens (primary N) is 1. The zero-order valence-corrected chi connectivity index (χ0v) is 11.9. The highest BCUT2D eigenvalue weighted by Gasteiger charge is 2.14. The van der Waals surface area contributed by atoms with Gasteiger partial charge in [0, 0.05) is 16.5 Å². The average molecular weight is 262 g/mol. The molecule has 1 aromatic heterocycles. The molecule has 0 aliphatic carbocycles. The summed E-state index contributed by atoms with van der Waals surface area (Å²) in [6.45, 7) is 7.76. The zero-order valence-electron chi connectivity index (χ0n) is 11.1. The van der Waals surface area contributed by atoms with Gasteiger partial charge in [-0.05, 0) is 51.0 Å². The van der Waals surface area contributed by atoms with Gasteiger partial charge >= 0.3 is 0 Å². The Kier molecular flexibility index (Phi) is 3.41. The number of hydrogen-bond donors (Lipinski definition) is 2. The maximum absolute atomic E-state index is 9.79. The Morgan fingerprint density at radius 3 is 2.22 bits per heavy atom. The highest BCUT2D eigenvalue weighted by Crippen LogP contribution is 2.34. The number of nitrogens with zero attached hydrogens (tertiary/aromatic N) is 1. The van der Waals surface area contributed by atoms with Crippen LogP contribution in [0.25, 0.3) is 10.6 Å². The van der Waals surface area contributed by atoms with Crippen molar-refractivity contribution in [2.45, 2.75) is 33.7 Å². The van der Waals surface area contributed by atoms with Gasteiger partial charge in [0.1, 0.15) is 10.8 Å². The minimum absolute atomic E-state index is 0.00978. The second kappa shape index (κ2) is 4.71. The minimum Gasteiger partial charge on any atom is -0.507 e. The zero-order chi connectivity index (χ0) is 13.4. The molecule has 2 rings (SSSR count). The number of phenols is 1. The second-order valence-electron chi connectivity index (χ2n) is 4.72. The Morgan fingerprint density at radius 2 is 1.78 bits per heavy atom. The van der Waals surface area contributed by atoms with Crippen LogP contribution in [0.3, 0.4) is 0 Å². The van der Waals surface area contributed by atoms with E-state index in [-0.39, 0.29) is 6.04 Å². The smallest absolute Gasteiger partial charge is 0.123 e. The van der Waals surface area contributed by atoms with Gasteiger partial charge in [0.25, 0.3) is 0 Å². The minimum atomic E-state index is 0.00978. The number of hydrogen-bond acceptors (Lipinski definition) is 4. The van der Waals surface area contributed by atoms with Gasteiger partial charge in [-0.2, -0.15) is 0 Å². The SMILES string of the molecule is Cc1cc(-c2nc(C)c(C(C)N)s2)cc(C)c1O. The van der Waals surface area contributed by atoms with Gasteiger partial charge < -0.3 is 10.8 Å². The van der Waals surface area contributed by atoms with E-state index in [9.17, 15) is 5.11 Å². The van der Waals surface area contributed by atoms with E-state index in [0.717, 1.165) is 32.3 Å². The van der Waals surface area contributed by atoms with E-state index in [2.05, 4.69) is 4.98 Å². The first-order chi connectivity index (χ1) is 8.40. The van der Waals surface area contributed by atoms with Crippen LogP contribution in [0, 0.1) is 20.8 Å². The van der Waals surface area contributed by atoms with E-state index in [1.165, 1.54) is 0 Å². The summed E-state index contributed by atoms with van der Waals surface area (Å²) >= 11 is 1.63. The molecule has 18 heavy (non-hydrogen) atoms. The van der Waals surface area contributed by atoms with E-state index < -0.39 is 0 Å². The Hall–Kier alpha value is -1.39. The highest BCUT2D eigenvalue weighted by atomic mass is 32.1. The number of phenolic OH excluding ortho intramolecular Hbond substituents is 1. The first-order valence-corrected chi connectivity index (χ1v) is 6.75. The van der Waals surface area contributed by atoms with Crippen LogP contribution in [0.4, 0.5) is 0 Å². The summed E-state index contributed by atoms with van der Waals surface area (Å²) in [4.78, 5) is 5.69. The van der Waals surface area contributed by atoms with Crippen molar-refractivity contribution >= 4 is 11.3 Å². The number of aryl methyl sites for hydroxylation is 3. The fourth-order valence-corrected chi connectivity index (χ4v) is 3.04. The first-order valence-electron chi connectivity index (χ1n) is 5.93.